The Labute approximate surface area is 93.1 Å². The molecule has 2 N–H and O–H groups in total. The number of nitrogens with zero attached hydrogens (tertiary/aromatic N) is 1. The van der Waals surface area contributed by atoms with Crippen LogP contribution in [0.4, 0.5) is 4.39 Å². The summed E-state index contributed by atoms with van der Waals surface area (Å²) in [5, 5.41) is 0. The van der Waals surface area contributed by atoms with E-state index in [2.05, 4.69) is 4.98 Å². The Balaban J connectivity index is 2.28. The minimum atomic E-state index is -0.272. The van der Waals surface area contributed by atoms with Gasteiger partial charge in [0.1, 0.15) is 12.1 Å². The number of benzene rings is 1. The topological polar surface area (TPSA) is 52.0 Å². The Hall–Kier alpha value is -1.68. The molecule has 0 fully saturated rings. The smallest absolute Gasteiger partial charge is 0.226 e. The van der Waals surface area contributed by atoms with E-state index < -0.39 is 0 Å². The number of aromatic nitrogens is 1. The first kappa shape index (κ1) is 10.8. The average molecular weight is 220 g/mol. The van der Waals surface area contributed by atoms with Crippen LogP contribution >= 0.6 is 0 Å². The third kappa shape index (κ3) is 2.12. The van der Waals surface area contributed by atoms with Crippen LogP contribution in [0.1, 0.15) is 18.5 Å². The number of halogens is 1. The fraction of sp³-hybridized carbons (Fsp3) is 0.250. The van der Waals surface area contributed by atoms with Gasteiger partial charge in [-0.15, -0.1) is 0 Å². The summed E-state index contributed by atoms with van der Waals surface area (Å²) in [5.74, 6) is 0.388. The van der Waals surface area contributed by atoms with Gasteiger partial charge in [-0.3, -0.25) is 0 Å². The molecule has 1 atom stereocenters. The largest absolute Gasteiger partial charge is 0.444 e. The van der Waals surface area contributed by atoms with E-state index in [9.17, 15) is 4.39 Å². The van der Waals surface area contributed by atoms with Crippen molar-refractivity contribution in [2.75, 3.05) is 6.54 Å². The Morgan fingerprint density at radius 2 is 2.06 bits per heavy atom. The molecule has 0 saturated heterocycles. The van der Waals surface area contributed by atoms with E-state index in [1.54, 1.807) is 18.4 Å². The molecule has 0 aliphatic rings. The molecule has 0 aliphatic heterocycles. The molecular formula is C12H13FN2O. The Morgan fingerprint density at radius 1 is 1.38 bits per heavy atom. The summed E-state index contributed by atoms with van der Waals surface area (Å²) < 4.78 is 18.0. The highest BCUT2D eigenvalue weighted by molar-refractivity contribution is 5.52. The molecule has 1 aromatic heterocycles. The molecular weight excluding hydrogens is 207 g/mol. The molecule has 0 bridgehead atoms. The van der Waals surface area contributed by atoms with Gasteiger partial charge in [-0.1, -0.05) is 6.92 Å². The van der Waals surface area contributed by atoms with Crippen LogP contribution < -0.4 is 5.73 Å². The first-order chi connectivity index (χ1) is 7.70. The molecule has 2 aromatic rings. The predicted octanol–water partition coefficient (Wildman–Crippen LogP) is 2.54. The van der Waals surface area contributed by atoms with Gasteiger partial charge in [-0.05, 0) is 24.3 Å². The molecule has 16 heavy (non-hydrogen) atoms. The van der Waals surface area contributed by atoms with Crippen LogP contribution in [0.3, 0.4) is 0 Å². The third-order valence-corrected chi connectivity index (χ3v) is 2.47. The normalized spacial score (nSPS) is 12.7. The predicted molar refractivity (Wildman–Crippen MR) is 59.4 cm³/mol. The van der Waals surface area contributed by atoms with Gasteiger partial charge in [0.25, 0.3) is 0 Å². The van der Waals surface area contributed by atoms with Gasteiger partial charge in [0.05, 0.1) is 5.69 Å². The molecule has 1 unspecified atom stereocenters. The van der Waals surface area contributed by atoms with Crippen LogP contribution in [-0.4, -0.2) is 11.5 Å². The van der Waals surface area contributed by atoms with E-state index in [1.165, 1.54) is 12.1 Å². The lowest BCUT2D eigenvalue weighted by molar-refractivity contribution is 0.569. The summed E-state index contributed by atoms with van der Waals surface area (Å²) >= 11 is 0. The summed E-state index contributed by atoms with van der Waals surface area (Å²) in [4.78, 5) is 4.31. The summed E-state index contributed by atoms with van der Waals surface area (Å²) in [6.07, 6.45) is 1.59. The Bertz CT molecular complexity index is 464. The van der Waals surface area contributed by atoms with E-state index in [-0.39, 0.29) is 11.7 Å². The van der Waals surface area contributed by atoms with Crippen LogP contribution in [0.5, 0.6) is 0 Å². The Kier molecular flexibility index (Phi) is 3.01. The standard InChI is InChI=1S/C12H13FN2O/c1-8(6-14)11-7-16-12(15-11)9-2-4-10(13)5-3-9/h2-5,7-8H,6,14H2,1H3. The lowest BCUT2D eigenvalue weighted by atomic mass is 10.1. The summed E-state index contributed by atoms with van der Waals surface area (Å²) in [6.45, 7) is 2.50. The zero-order valence-corrected chi connectivity index (χ0v) is 8.98. The molecule has 1 heterocycles. The van der Waals surface area contributed by atoms with E-state index >= 15 is 0 Å². The monoisotopic (exact) mass is 220 g/mol. The number of nitrogens with two attached hydrogens (primary N) is 1. The van der Waals surface area contributed by atoms with Gasteiger partial charge in [0.2, 0.25) is 5.89 Å². The van der Waals surface area contributed by atoms with Crippen molar-refractivity contribution in [1.29, 1.82) is 0 Å². The zero-order chi connectivity index (χ0) is 11.5. The molecule has 2 rings (SSSR count). The van der Waals surface area contributed by atoms with Crippen LogP contribution in [0.2, 0.25) is 0 Å². The molecule has 0 spiro atoms. The number of hydrogen-bond donors (Lipinski definition) is 1. The van der Waals surface area contributed by atoms with E-state index in [4.69, 9.17) is 10.2 Å². The van der Waals surface area contributed by atoms with Crippen molar-refractivity contribution in [1.82, 2.24) is 4.98 Å². The number of oxazole rings is 1. The maximum absolute atomic E-state index is 12.7. The van der Waals surface area contributed by atoms with Gasteiger partial charge >= 0.3 is 0 Å². The van der Waals surface area contributed by atoms with E-state index in [0.29, 0.717) is 12.4 Å². The average Bonchev–Trinajstić information content (AvgIpc) is 2.78. The van der Waals surface area contributed by atoms with Crippen molar-refractivity contribution >= 4 is 0 Å². The maximum Gasteiger partial charge on any atom is 0.226 e. The fourth-order valence-electron chi connectivity index (χ4n) is 1.36. The molecule has 4 heteroatoms. The minimum absolute atomic E-state index is 0.165. The molecule has 0 radical (unpaired) electrons. The third-order valence-electron chi connectivity index (χ3n) is 2.47. The van der Waals surface area contributed by atoms with E-state index in [1.807, 2.05) is 6.92 Å². The van der Waals surface area contributed by atoms with Gasteiger partial charge in [-0.2, -0.15) is 0 Å². The highest BCUT2D eigenvalue weighted by atomic mass is 19.1. The van der Waals surface area contributed by atoms with Crippen molar-refractivity contribution in [2.45, 2.75) is 12.8 Å². The minimum Gasteiger partial charge on any atom is -0.444 e. The highest BCUT2D eigenvalue weighted by Gasteiger charge is 2.11. The molecule has 0 aliphatic carbocycles. The van der Waals surface area contributed by atoms with Gasteiger partial charge in [-0.25, -0.2) is 9.37 Å². The fourth-order valence-corrected chi connectivity index (χ4v) is 1.36. The van der Waals surface area contributed by atoms with Gasteiger partial charge in [0.15, 0.2) is 0 Å². The highest BCUT2D eigenvalue weighted by Crippen LogP contribution is 2.21. The number of hydrogen-bond acceptors (Lipinski definition) is 3. The first-order valence-corrected chi connectivity index (χ1v) is 5.12. The van der Waals surface area contributed by atoms with Crippen molar-refractivity contribution in [3.63, 3.8) is 0 Å². The second-order valence-corrected chi connectivity index (χ2v) is 3.72. The molecule has 0 amide bonds. The van der Waals surface area contributed by atoms with Crippen LogP contribution in [-0.2, 0) is 0 Å². The van der Waals surface area contributed by atoms with Crippen LogP contribution in [0.25, 0.3) is 11.5 Å². The summed E-state index contributed by atoms with van der Waals surface area (Å²) in [6, 6.07) is 6.03. The second kappa shape index (κ2) is 4.45. The lowest BCUT2D eigenvalue weighted by Gasteiger charge is -2.00. The molecule has 3 nitrogen and oxygen atoms in total. The van der Waals surface area contributed by atoms with Crippen molar-refractivity contribution in [2.24, 2.45) is 5.73 Å². The number of rotatable bonds is 3. The van der Waals surface area contributed by atoms with E-state index in [0.717, 1.165) is 11.3 Å². The Morgan fingerprint density at radius 3 is 2.69 bits per heavy atom. The summed E-state index contributed by atoms with van der Waals surface area (Å²) in [7, 11) is 0. The van der Waals surface area contributed by atoms with Crippen molar-refractivity contribution in [3.05, 3.63) is 42.0 Å². The van der Waals surface area contributed by atoms with Crippen LogP contribution in [0, 0.1) is 5.82 Å². The van der Waals surface area contributed by atoms with Gasteiger partial charge in [0, 0.05) is 18.0 Å². The molecule has 0 saturated carbocycles. The van der Waals surface area contributed by atoms with Crippen molar-refractivity contribution in [3.8, 4) is 11.5 Å². The molecule has 1 aromatic carbocycles. The SMILES string of the molecule is CC(CN)c1coc(-c2ccc(F)cc2)n1. The van der Waals surface area contributed by atoms with Gasteiger partial charge < -0.3 is 10.2 Å². The maximum atomic E-state index is 12.7. The van der Waals surface area contributed by atoms with Crippen LogP contribution in [0.15, 0.2) is 34.9 Å². The zero-order valence-electron chi connectivity index (χ0n) is 8.98. The quantitative estimate of drug-likeness (QED) is 0.864. The lowest BCUT2D eigenvalue weighted by Crippen LogP contribution is -2.08. The van der Waals surface area contributed by atoms with Crippen molar-refractivity contribution < 1.29 is 8.81 Å². The molecule has 84 valence electrons. The first-order valence-electron chi connectivity index (χ1n) is 5.12. The second-order valence-electron chi connectivity index (χ2n) is 3.72. The summed E-state index contributed by atoms with van der Waals surface area (Å²) in [5.41, 5.74) is 7.12.